The first kappa shape index (κ1) is 16.2. The Morgan fingerprint density at radius 2 is 2.14 bits per heavy atom. The zero-order valence-electron chi connectivity index (χ0n) is 12.6. The predicted molar refractivity (Wildman–Crippen MR) is 80.5 cm³/mol. The number of pyridine rings is 1. The van der Waals surface area contributed by atoms with Crippen LogP contribution in [0.3, 0.4) is 0 Å². The molecule has 0 bridgehead atoms. The van der Waals surface area contributed by atoms with E-state index in [1.54, 1.807) is 18.3 Å². The van der Waals surface area contributed by atoms with Gasteiger partial charge < -0.3 is 15.0 Å². The number of nitrogens with one attached hydrogen (secondary N) is 1. The first-order valence-corrected chi connectivity index (χ1v) is 7.40. The lowest BCUT2D eigenvalue weighted by Gasteiger charge is -2.42. The summed E-state index contributed by atoms with van der Waals surface area (Å²) in [4.78, 5) is 36.1. The minimum absolute atomic E-state index is 0.00740. The minimum atomic E-state index is -0.835. The lowest BCUT2D eigenvalue weighted by atomic mass is 9.85. The van der Waals surface area contributed by atoms with E-state index in [1.165, 1.54) is 10.6 Å². The molecule has 22 heavy (non-hydrogen) atoms. The molecule has 0 aromatic carbocycles. The third-order valence-electron chi connectivity index (χ3n) is 3.95. The van der Waals surface area contributed by atoms with Crippen molar-refractivity contribution < 1.29 is 14.7 Å². The highest BCUT2D eigenvalue weighted by Gasteiger charge is 2.34. The Bertz CT molecular complexity index is 592. The molecule has 1 amide bonds. The van der Waals surface area contributed by atoms with Crippen LogP contribution in [0.4, 0.5) is 0 Å². The summed E-state index contributed by atoms with van der Waals surface area (Å²) in [6.07, 6.45) is 3.07. The summed E-state index contributed by atoms with van der Waals surface area (Å²) in [6.45, 7) is 2.64. The van der Waals surface area contributed by atoms with Crippen molar-refractivity contribution in [3.63, 3.8) is 0 Å². The van der Waals surface area contributed by atoms with E-state index >= 15 is 0 Å². The quantitative estimate of drug-likeness (QED) is 0.734. The average Bonchev–Trinajstić information content (AvgIpc) is 2.42. The van der Waals surface area contributed by atoms with Crippen LogP contribution in [0.15, 0.2) is 29.2 Å². The molecule has 1 fully saturated rings. The zero-order chi connectivity index (χ0) is 16.1. The molecule has 0 radical (unpaired) electrons. The van der Waals surface area contributed by atoms with Crippen molar-refractivity contribution >= 4 is 11.9 Å². The van der Waals surface area contributed by atoms with Crippen LogP contribution < -0.4 is 10.9 Å². The smallest absolute Gasteiger partial charge is 0.317 e. The maximum absolute atomic E-state index is 11.9. The summed E-state index contributed by atoms with van der Waals surface area (Å²) in [7, 11) is 0. The third kappa shape index (κ3) is 4.17. The lowest BCUT2D eigenvalue weighted by Crippen LogP contribution is -2.55. The van der Waals surface area contributed by atoms with Gasteiger partial charge >= 0.3 is 5.97 Å². The molecular weight excluding hydrogens is 286 g/mol. The number of carboxylic acid groups (broad SMARTS) is 1. The second kappa shape index (κ2) is 7.22. The molecule has 1 aliphatic carbocycles. The Kier molecular flexibility index (Phi) is 5.32. The third-order valence-corrected chi connectivity index (χ3v) is 3.95. The number of carbonyl (C=O) groups is 2. The van der Waals surface area contributed by atoms with E-state index in [-0.39, 0.29) is 36.6 Å². The molecule has 120 valence electrons. The normalized spacial score (nSPS) is 20.5. The van der Waals surface area contributed by atoms with Gasteiger partial charge in [0.25, 0.3) is 5.56 Å². The molecule has 1 aliphatic rings. The summed E-state index contributed by atoms with van der Waals surface area (Å²) in [5.74, 6) is -1.03. The summed E-state index contributed by atoms with van der Waals surface area (Å²) in [6, 6.07) is 5.01. The highest BCUT2D eigenvalue weighted by Crippen LogP contribution is 2.25. The van der Waals surface area contributed by atoms with Crippen LogP contribution in [0.25, 0.3) is 0 Å². The second-order valence-corrected chi connectivity index (χ2v) is 5.51. The van der Waals surface area contributed by atoms with E-state index in [2.05, 4.69) is 5.32 Å². The molecule has 0 spiro atoms. The van der Waals surface area contributed by atoms with E-state index in [0.29, 0.717) is 6.54 Å². The Balaban J connectivity index is 1.77. The summed E-state index contributed by atoms with van der Waals surface area (Å²) in [5, 5.41) is 11.7. The van der Waals surface area contributed by atoms with Gasteiger partial charge in [-0.05, 0) is 25.5 Å². The van der Waals surface area contributed by atoms with Gasteiger partial charge in [0.05, 0.1) is 6.54 Å². The minimum Gasteiger partial charge on any atom is -0.480 e. The number of rotatable bonds is 7. The van der Waals surface area contributed by atoms with E-state index in [0.717, 1.165) is 12.8 Å². The molecule has 2 rings (SSSR count). The molecule has 1 aromatic heterocycles. The topological polar surface area (TPSA) is 91.6 Å². The van der Waals surface area contributed by atoms with Crippen LogP contribution in [-0.4, -0.2) is 51.6 Å². The Hall–Kier alpha value is -2.15. The van der Waals surface area contributed by atoms with Gasteiger partial charge in [-0.3, -0.25) is 19.3 Å². The Labute approximate surface area is 128 Å². The molecule has 0 unspecified atom stereocenters. The van der Waals surface area contributed by atoms with Crippen LogP contribution in [0.2, 0.25) is 0 Å². The van der Waals surface area contributed by atoms with Gasteiger partial charge in [-0.1, -0.05) is 13.0 Å². The van der Waals surface area contributed by atoms with Crippen LogP contribution in [0.1, 0.15) is 19.8 Å². The number of hydrogen-bond donors (Lipinski definition) is 2. The molecule has 0 saturated heterocycles. The first-order valence-electron chi connectivity index (χ1n) is 7.40. The largest absolute Gasteiger partial charge is 0.480 e. The molecule has 7 nitrogen and oxygen atoms in total. The number of hydrogen-bond acceptors (Lipinski definition) is 4. The second-order valence-electron chi connectivity index (χ2n) is 5.51. The van der Waals surface area contributed by atoms with Crippen molar-refractivity contribution in [2.75, 3.05) is 13.1 Å². The molecule has 0 atom stereocenters. The number of amides is 1. The van der Waals surface area contributed by atoms with E-state index in [1.807, 2.05) is 11.8 Å². The highest BCUT2D eigenvalue weighted by atomic mass is 16.4. The van der Waals surface area contributed by atoms with Crippen LogP contribution in [-0.2, 0) is 16.1 Å². The van der Waals surface area contributed by atoms with Crippen molar-refractivity contribution in [2.45, 2.75) is 38.4 Å². The van der Waals surface area contributed by atoms with Crippen molar-refractivity contribution in [1.82, 2.24) is 14.8 Å². The van der Waals surface area contributed by atoms with Gasteiger partial charge in [-0.2, -0.15) is 0 Å². The van der Waals surface area contributed by atoms with Crippen LogP contribution >= 0.6 is 0 Å². The number of likely N-dealkylation sites (N-methyl/N-ethyl adjacent to an activating group) is 1. The molecular formula is C15H21N3O4. The number of carboxylic acids is 1. The van der Waals surface area contributed by atoms with Crippen molar-refractivity contribution in [1.29, 1.82) is 0 Å². The van der Waals surface area contributed by atoms with Crippen LogP contribution in [0.5, 0.6) is 0 Å². The average molecular weight is 307 g/mol. The summed E-state index contributed by atoms with van der Waals surface area (Å²) in [5.41, 5.74) is -0.206. The van der Waals surface area contributed by atoms with Crippen LogP contribution in [0, 0.1) is 0 Å². The maximum Gasteiger partial charge on any atom is 0.317 e. The van der Waals surface area contributed by atoms with Gasteiger partial charge in [-0.25, -0.2) is 0 Å². The Morgan fingerprint density at radius 1 is 1.41 bits per heavy atom. The lowest BCUT2D eigenvalue weighted by molar-refractivity contribution is -0.139. The SMILES string of the molecule is CCN(CC(=O)O)C1CC(NC(=O)Cn2ccccc2=O)C1. The van der Waals surface area contributed by atoms with Gasteiger partial charge in [0.2, 0.25) is 5.91 Å². The fourth-order valence-electron chi connectivity index (χ4n) is 2.70. The van der Waals surface area contributed by atoms with E-state index in [9.17, 15) is 14.4 Å². The van der Waals surface area contributed by atoms with E-state index < -0.39 is 5.97 Å². The van der Waals surface area contributed by atoms with Crippen molar-refractivity contribution in [2.24, 2.45) is 0 Å². The molecule has 1 heterocycles. The molecule has 0 aliphatic heterocycles. The van der Waals surface area contributed by atoms with Crippen molar-refractivity contribution in [3.8, 4) is 0 Å². The fraction of sp³-hybridized carbons (Fsp3) is 0.533. The van der Waals surface area contributed by atoms with Gasteiger partial charge in [0, 0.05) is 24.3 Å². The standard InChI is InChI=1S/C15H21N3O4/c1-2-17(10-15(21)22)12-7-11(8-12)16-13(19)9-18-6-4-3-5-14(18)20/h3-6,11-12H,2,7-10H2,1H3,(H,16,19)(H,21,22). The van der Waals surface area contributed by atoms with Crippen molar-refractivity contribution in [3.05, 3.63) is 34.7 Å². The number of nitrogens with zero attached hydrogens (tertiary/aromatic N) is 2. The molecule has 2 N–H and O–H groups in total. The molecule has 1 saturated carbocycles. The van der Waals surface area contributed by atoms with Gasteiger partial charge in [0.15, 0.2) is 0 Å². The fourth-order valence-corrected chi connectivity index (χ4v) is 2.70. The van der Waals surface area contributed by atoms with Gasteiger partial charge in [-0.15, -0.1) is 0 Å². The highest BCUT2D eigenvalue weighted by molar-refractivity contribution is 5.76. The zero-order valence-corrected chi connectivity index (χ0v) is 12.6. The molecule has 7 heteroatoms. The van der Waals surface area contributed by atoms with E-state index in [4.69, 9.17) is 5.11 Å². The summed E-state index contributed by atoms with van der Waals surface area (Å²) < 4.78 is 1.36. The first-order chi connectivity index (χ1) is 10.5. The number of carbonyl (C=O) groups excluding carboxylic acids is 1. The Morgan fingerprint density at radius 3 is 2.73 bits per heavy atom. The summed E-state index contributed by atoms with van der Waals surface area (Å²) >= 11 is 0. The predicted octanol–water partition coefficient (Wildman–Crippen LogP) is -0.0980. The maximum atomic E-state index is 11.9. The number of aliphatic carboxylic acids is 1. The number of aromatic nitrogens is 1. The monoisotopic (exact) mass is 307 g/mol. The van der Waals surface area contributed by atoms with Gasteiger partial charge in [0.1, 0.15) is 6.54 Å². The molecule has 1 aromatic rings.